The van der Waals surface area contributed by atoms with E-state index in [-0.39, 0.29) is 36.4 Å². The third kappa shape index (κ3) is 2.32. The summed E-state index contributed by atoms with van der Waals surface area (Å²) < 4.78 is 6.15. The van der Waals surface area contributed by atoms with Gasteiger partial charge in [-0.05, 0) is 12.8 Å². The van der Waals surface area contributed by atoms with Crippen LogP contribution in [0.25, 0.3) is 0 Å². The molecule has 0 radical (unpaired) electrons. The number of hydrogen-bond donors (Lipinski definition) is 1. The van der Waals surface area contributed by atoms with Crippen LogP contribution in [0.2, 0.25) is 0 Å². The zero-order chi connectivity index (χ0) is 17.8. The van der Waals surface area contributed by atoms with E-state index in [1.807, 2.05) is 17.1 Å². The van der Waals surface area contributed by atoms with Gasteiger partial charge < -0.3 is 19.9 Å². The summed E-state index contributed by atoms with van der Waals surface area (Å²) in [6.45, 7) is 5.70. The number of amides is 3. The molecule has 3 fully saturated rings. The number of piperazine rings is 1. The normalized spacial score (nSPS) is 36.4. The zero-order valence-corrected chi connectivity index (χ0v) is 14.7. The van der Waals surface area contributed by atoms with Gasteiger partial charge in [0.05, 0.1) is 31.0 Å². The quantitative estimate of drug-likeness (QED) is 0.721. The van der Waals surface area contributed by atoms with E-state index in [1.165, 1.54) is 0 Å². The molecule has 3 amide bonds. The van der Waals surface area contributed by atoms with Crippen LogP contribution in [0.5, 0.6) is 0 Å². The summed E-state index contributed by atoms with van der Waals surface area (Å²) in [5, 5.41) is 2.73. The van der Waals surface area contributed by atoms with Gasteiger partial charge in [0, 0.05) is 19.1 Å². The summed E-state index contributed by atoms with van der Waals surface area (Å²) in [7, 11) is 0. The summed E-state index contributed by atoms with van der Waals surface area (Å²) in [5.41, 5.74) is -0.664. The van der Waals surface area contributed by atoms with E-state index in [0.717, 1.165) is 12.8 Å². The van der Waals surface area contributed by atoms with E-state index < -0.39 is 17.4 Å². The SMILES string of the molecule is CCC(CC)N1C[C@]23C=C[C@H](O2)[C@@H](C(=O)N2CCNC(=O)C2)[C@@H]3C1=O. The molecule has 4 aliphatic rings. The highest BCUT2D eigenvalue weighted by Gasteiger charge is 2.67. The fourth-order valence-corrected chi connectivity index (χ4v) is 4.89. The molecule has 4 rings (SSSR count). The van der Waals surface area contributed by atoms with Gasteiger partial charge in [0.15, 0.2) is 0 Å². The number of nitrogens with one attached hydrogen (secondary N) is 1. The Bertz CT molecular complexity index is 644. The molecule has 1 N–H and O–H groups in total. The van der Waals surface area contributed by atoms with Crippen molar-refractivity contribution in [2.75, 3.05) is 26.2 Å². The Balaban J connectivity index is 1.61. The maximum atomic E-state index is 13.2. The van der Waals surface area contributed by atoms with Crippen molar-refractivity contribution in [3.8, 4) is 0 Å². The number of likely N-dealkylation sites (tertiary alicyclic amines) is 1. The lowest BCUT2D eigenvalue weighted by molar-refractivity contribution is -0.146. The molecule has 0 aromatic heterocycles. The minimum absolute atomic E-state index is 0.0281. The third-order valence-corrected chi connectivity index (χ3v) is 6.15. The lowest BCUT2D eigenvalue weighted by Crippen LogP contribution is -2.54. The molecule has 25 heavy (non-hydrogen) atoms. The second kappa shape index (κ2) is 5.83. The van der Waals surface area contributed by atoms with Crippen LogP contribution in [-0.2, 0) is 19.1 Å². The van der Waals surface area contributed by atoms with Gasteiger partial charge in [-0.25, -0.2) is 0 Å². The van der Waals surface area contributed by atoms with Crippen molar-refractivity contribution < 1.29 is 19.1 Å². The summed E-state index contributed by atoms with van der Waals surface area (Å²) in [6, 6.07) is 0.181. The van der Waals surface area contributed by atoms with Crippen molar-refractivity contribution >= 4 is 17.7 Å². The van der Waals surface area contributed by atoms with Crippen LogP contribution >= 0.6 is 0 Å². The first-order valence-electron chi connectivity index (χ1n) is 9.24. The molecule has 0 saturated carbocycles. The molecule has 4 atom stereocenters. The maximum absolute atomic E-state index is 13.2. The molecular weight excluding hydrogens is 322 g/mol. The molecule has 7 heteroatoms. The first kappa shape index (κ1) is 16.6. The predicted octanol–water partition coefficient (Wildman–Crippen LogP) is -0.0846. The van der Waals surface area contributed by atoms with Crippen molar-refractivity contribution in [3.63, 3.8) is 0 Å². The van der Waals surface area contributed by atoms with Crippen LogP contribution in [0, 0.1) is 11.8 Å². The van der Waals surface area contributed by atoms with Gasteiger partial charge in [0.25, 0.3) is 0 Å². The number of carbonyl (C=O) groups excluding carboxylic acids is 3. The van der Waals surface area contributed by atoms with E-state index in [1.54, 1.807) is 4.90 Å². The number of rotatable bonds is 4. The smallest absolute Gasteiger partial charge is 0.239 e. The van der Waals surface area contributed by atoms with Crippen LogP contribution in [0.4, 0.5) is 0 Å². The van der Waals surface area contributed by atoms with Crippen LogP contribution in [0.3, 0.4) is 0 Å². The number of carbonyl (C=O) groups is 3. The van der Waals surface area contributed by atoms with Gasteiger partial charge >= 0.3 is 0 Å². The molecular formula is C18H25N3O4. The molecule has 136 valence electrons. The largest absolute Gasteiger partial charge is 0.360 e. The maximum Gasteiger partial charge on any atom is 0.239 e. The summed E-state index contributed by atoms with van der Waals surface area (Å²) >= 11 is 0. The lowest BCUT2D eigenvalue weighted by atomic mass is 9.76. The molecule has 0 aliphatic carbocycles. The summed E-state index contributed by atoms with van der Waals surface area (Å²) in [6.07, 6.45) is 5.34. The molecule has 7 nitrogen and oxygen atoms in total. The molecule has 1 spiro atoms. The van der Waals surface area contributed by atoms with Gasteiger partial charge in [0.2, 0.25) is 17.7 Å². The van der Waals surface area contributed by atoms with Crippen molar-refractivity contribution in [1.82, 2.24) is 15.1 Å². The molecule has 3 saturated heterocycles. The topological polar surface area (TPSA) is 79.0 Å². The Morgan fingerprint density at radius 1 is 1.40 bits per heavy atom. The Hall–Kier alpha value is -1.89. The van der Waals surface area contributed by atoms with E-state index in [2.05, 4.69) is 19.2 Å². The predicted molar refractivity (Wildman–Crippen MR) is 89.4 cm³/mol. The minimum Gasteiger partial charge on any atom is -0.360 e. The zero-order valence-electron chi connectivity index (χ0n) is 14.7. The van der Waals surface area contributed by atoms with Gasteiger partial charge in [-0.2, -0.15) is 0 Å². The average molecular weight is 347 g/mol. The fourth-order valence-electron chi connectivity index (χ4n) is 4.89. The number of nitrogens with zero attached hydrogens (tertiary/aromatic N) is 2. The Morgan fingerprint density at radius 3 is 2.84 bits per heavy atom. The van der Waals surface area contributed by atoms with Crippen LogP contribution in [0.1, 0.15) is 26.7 Å². The Kier molecular flexibility index (Phi) is 3.86. The second-order valence-corrected chi connectivity index (χ2v) is 7.45. The van der Waals surface area contributed by atoms with Crippen LogP contribution in [-0.4, -0.2) is 71.4 Å². The van der Waals surface area contributed by atoms with E-state index >= 15 is 0 Å². The molecule has 4 heterocycles. The Morgan fingerprint density at radius 2 is 2.16 bits per heavy atom. The third-order valence-electron chi connectivity index (χ3n) is 6.15. The standard InChI is InChI=1S/C18H25N3O4/c1-3-11(4-2)21-10-18-6-5-12(25-18)14(15(18)17(21)24)16(23)20-8-7-19-13(22)9-20/h5-6,11-12,14-15H,3-4,7-10H2,1-2H3,(H,19,22)/t12-,14+,15+,18-/m0/s1. The van der Waals surface area contributed by atoms with E-state index in [4.69, 9.17) is 4.74 Å². The average Bonchev–Trinajstić information content (AvgIpc) is 3.24. The van der Waals surface area contributed by atoms with Crippen molar-refractivity contribution in [2.24, 2.45) is 11.8 Å². The van der Waals surface area contributed by atoms with Crippen LogP contribution in [0.15, 0.2) is 12.2 Å². The Labute approximate surface area is 147 Å². The highest BCUT2D eigenvalue weighted by molar-refractivity contribution is 5.94. The second-order valence-electron chi connectivity index (χ2n) is 7.45. The van der Waals surface area contributed by atoms with Gasteiger partial charge in [0.1, 0.15) is 5.60 Å². The molecule has 2 bridgehead atoms. The summed E-state index contributed by atoms with van der Waals surface area (Å²) in [4.78, 5) is 41.4. The van der Waals surface area contributed by atoms with E-state index in [9.17, 15) is 14.4 Å². The highest BCUT2D eigenvalue weighted by Crippen LogP contribution is 2.52. The van der Waals surface area contributed by atoms with Crippen molar-refractivity contribution in [2.45, 2.75) is 44.4 Å². The number of hydrogen-bond acceptors (Lipinski definition) is 4. The first-order valence-corrected chi connectivity index (χ1v) is 9.24. The number of fused-ring (bicyclic) bond motifs is 1. The first-order chi connectivity index (χ1) is 12.0. The highest BCUT2D eigenvalue weighted by atomic mass is 16.5. The monoisotopic (exact) mass is 347 g/mol. The van der Waals surface area contributed by atoms with E-state index in [0.29, 0.717) is 19.6 Å². The number of ether oxygens (including phenoxy) is 1. The van der Waals surface area contributed by atoms with Crippen molar-refractivity contribution in [1.29, 1.82) is 0 Å². The van der Waals surface area contributed by atoms with Gasteiger partial charge in [-0.15, -0.1) is 0 Å². The molecule has 4 aliphatic heterocycles. The van der Waals surface area contributed by atoms with Gasteiger partial charge in [-0.3, -0.25) is 14.4 Å². The summed E-state index contributed by atoms with van der Waals surface area (Å²) in [5.74, 6) is -1.22. The lowest BCUT2D eigenvalue weighted by Gasteiger charge is -2.32. The molecule has 0 unspecified atom stereocenters. The molecule has 0 aromatic rings. The molecule has 0 aromatic carbocycles. The van der Waals surface area contributed by atoms with Gasteiger partial charge in [-0.1, -0.05) is 26.0 Å². The van der Waals surface area contributed by atoms with Crippen LogP contribution < -0.4 is 5.32 Å². The fraction of sp³-hybridized carbons (Fsp3) is 0.722. The van der Waals surface area contributed by atoms with Crippen molar-refractivity contribution in [3.05, 3.63) is 12.2 Å². The minimum atomic E-state index is -0.664.